The highest BCUT2D eigenvalue weighted by molar-refractivity contribution is 7.89. The normalized spacial score (nSPS) is 11.6. The van der Waals surface area contributed by atoms with Crippen LogP contribution < -0.4 is 10.5 Å². The maximum absolute atomic E-state index is 13.1. The first-order valence-corrected chi connectivity index (χ1v) is 7.00. The second-order valence-corrected chi connectivity index (χ2v) is 5.56. The van der Waals surface area contributed by atoms with E-state index in [1.807, 2.05) is 6.92 Å². The summed E-state index contributed by atoms with van der Waals surface area (Å²) in [7, 11) is -3.63. The summed E-state index contributed by atoms with van der Waals surface area (Å²) in [4.78, 5) is -0.0966. The van der Waals surface area contributed by atoms with Gasteiger partial charge in [0.15, 0.2) is 0 Å². The predicted octanol–water partition coefficient (Wildman–Crippen LogP) is 1.88. The lowest BCUT2D eigenvalue weighted by molar-refractivity contribution is 0.573. The molecule has 6 heteroatoms. The number of hydrogen-bond acceptors (Lipinski definition) is 3. The molecule has 0 unspecified atom stereocenters. The molecule has 3 N–H and O–H groups in total. The summed E-state index contributed by atoms with van der Waals surface area (Å²) in [5.74, 6) is -0.721. The number of nitrogens with two attached hydrogens (primary N) is 1. The van der Waals surface area contributed by atoms with E-state index in [1.165, 1.54) is 12.1 Å². The third kappa shape index (κ3) is 3.98. The molecule has 0 spiro atoms. The smallest absolute Gasteiger partial charge is 0.240 e. The van der Waals surface area contributed by atoms with Gasteiger partial charge in [0, 0.05) is 6.54 Å². The van der Waals surface area contributed by atoms with Gasteiger partial charge >= 0.3 is 0 Å². The second-order valence-electron chi connectivity index (χ2n) is 3.79. The Hall–Kier alpha value is -1.14. The zero-order chi connectivity index (χ0) is 12.9. The largest absolute Gasteiger partial charge is 0.396 e. The summed E-state index contributed by atoms with van der Waals surface area (Å²) in [5, 5.41) is 0. The van der Waals surface area contributed by atoms with Gasteiger partial charge in [-0.25, -0.2) is 17.5 Å². The second kappa shape index (κ2) is 5.97. The van der Waals surface area contributed by atoms with E-state index in [4.69, 9.17) is 5.73 Å². The van der Waals surface area contributed by atoms with Crippen molar-refractivity contribution in [2.45, 2.75) is 31.1 Å². The summed E-state index contributed by atoms with van der Waals surface area (Å²) < 4.78 is 39.0. The number of halogens is 1. The van der Waals surface area contributed by atoms with Gasteiger partial charge in [0.05, 0.1) is 10.6 Å². The Morgan fingerprint density at radius 2 is 2.06 bits per heavy atom. The Balaban J connectivity index is 2.72. The van der Waals surface area contributed by atoms with Crippen LogP contribution in [0.4, 0.5) is 10.1 Å². The molecule has 4 nitrogen and oxygen atoms in total. The molecule has 0 fully saturated rings. The fraction of sp³-hybridized carbons (Fsp3) is 0.455. The summed E-state index contributed by atoms with van der Waals surface area (Å²) in [5.41, 5.74) is 5.22. The Morgan fingerprint density at radius 3 is 2.65 bits per heavy atom. The maximum atomic E-state index is 13.1. The van der Waals surface area contributed by atoms with Gasteiger partial charge in [-0.05, 0) is 24.6 Å². The highest BCUT2D eigenvalue weighted by atomic mass is 32.2. The molecule has 0 aliphatic rings. The molecule has 0 heterocycles. The minimum atomic E-state index is -3.63. The van der Waals surface area contributed by atoms with E-state index in [-0.39, 0.29) is 10.6 Å². The van der Waals surface area contributed by atoms with E-state index in [9.17, 15) is 12.8 Å². The lowest BCUT2D eigenvalue weighted by atomic mass is 10.3. The summed E-state index contributed by atoms with van der Waals surface area (Å²) in [6.07, 6.45) is 2.74. The van der Waals surface area contributed by atoms with Gasteiger partial charge < -0.3 is 5.73 Å². The van der Waals surface area contributed by atoms with Crippen molar-refractivity contribution in [2.75, 3.05) is 12.3 Å². The summed E-state index contributed by atoms with van der Waals surface area (Å²) in [6.45, 7) is 2.39. The van der Waals surface area contributed by atoms with Gasteiger partial charge in [-0.3, -0.25) is 0 Å². The van der Waals surface area contributed by atoms with Crippen molar-refractivity contribution in [1.82, 2.24) is 4.72 Å². The number of sulfonamides is 1. The zero-order valence-electron chi connectivity index (χ0n) is 9.74. The Labute approximate surface area is 101 Å². The van der Waals surface area contributed by atoms with E-state index >= 15 is 0 Å². The van der Waals surface area contributed by atoms with Crippen LogP contribution in [-0.4, -0.2) is 15.0 Å². The van der Waals surface area contributed by atoms with Gasteiger partial charge in [-0.2, -0.15) is 0 Å². The molecule has 0 saturated carbocycles. The van der Waals surface area contributed by atoms with Crippen molar-refractivity contribution in [2.24, 2.45) is 0 Å². The third-order valence-corrected chi connectivity index (χ3v) is 3.81. The lowest BCUT2D eigenvalue weighted by Gasteiger charge is -2.07. The highest BCUT2D eigenvalue weighted by Gasteiger charge is 2.14. The average molecular weight is 260 g/mol. The van der Waals surface area contributed by atoms with Crippen LogP contribution in [0, 0.1) is 5.82 Å². The molecule has 0 aromatic heterocycles. The number of nitrogen functional groups attached to an aromatic ring is 1. The summed E-state index contributed by atoms with van der Waals surface area (Å²) in [6, 6.07) is 3.47. The van der Waals surface area contributed by atoms with Gasteiger partial charge in [0.25, 0.3) is 0 Å². The standard InChI is InChI=1S/C11H17FN2O2S/c1-2-3-4-7-14-17(15,16)9-5-6-11(13)10(12)8-9/h5-6,8,14H,2-4,7,13H2,1H3. The minimum absolute atomic E-state index is 0.0602. The zero-order valence-corrected chi connectivity index (χ0v) is 10.6. The SMILES string of the molecule is CCCCCNS(=O)(=O)c1ccc(N)c(F)c1. The van der Waals surface area contributed by atoms with Crippen molar-refractivity contribution >= 4 is 15.7 Å². The fourth-order valence-corrected chi connectivity index (χ4v) is 2.43. The van der Waals surface area contributed by atoms with Crippen LogP contribution in [0.2, 0.25) is 0 Å². The molecular weight excluding hydrogens is 243 g/mol. The minimum Gasteiger partial charge on any atom is -0.396 e. The van der Waals surface area contributed by atoms with E-state index in [2.05, 4.69) is 4.72 Å². The maximum Gasteiger partial charge on any atom is 0.240 e. The Bertz CT molecular complexity index is 474. The predicted molar refractivity (Wildman–Crippen MR) is 65.5 cm³/mol. The summed E-state index contributed by atoms with van der Waals surface area (Å²) >= 11 is 0. The van der Waals surface area contributed by atoms with E-state index in [0.717, 1.165) is 25.3 Å². The first kappa shape index (κ1) is 13.9. The van der Waals surface area contributed by atoms with Crippen molar-refractivity contribution in [3.8, 4) is 0 Å². The van der Waals surface area contributed by atoms with Gasteiger partial charge in [-0.1, -0.05) is 19.8 Å². The van der Waals surface area contributed by atoms with Gasteiger partial charge in [-0.15, -0.1) is 0 Å². The molecule has 1 aromatic carbocycles. The number of rotatable bonds is 6. The Kier molecular flexibility index (Phi) is 4.89. The van der Waals surface area contributed by atoms with Gasteiger partial charge in [0.2, 0.25) is 10.0 Å². The molecule has 0 atom stereocenters. The number of unbranched alkanes of at least 4 members (excludes halogenated alkanes) is 2. The van der Waals surface area contributed by atoms with Crippen molar-refractivity contribution < 1.29 is 12.8 Å². The van der Waals surface area contributed by atoms with Crippen LogP contribution in [0.5, 0.6) is 0 Å². The van der Waals surface area contributed by atoms with Crippen LogP contribution in [0.1, 0.15) is 26.2 Å². The van der Waals surface area contributed by atoms with Crippen LogP contribution >= 0.6 is 0 Å². The lowest BCUT2D eigenvalue weighted by Crippen LogP contribution is -2.24. The van der Waals surface area contributed by atoms with E-state index in [0.29, 0.717) is 6.54 Å². The molecule has 96 valence electrons. The van der Waals surface area contributed by atoms with Crippen LogP contribution in [0.15, 0.2) is 23.1 Å². The highest BCUT2D eigenvalue weighted by Crippen LogP contribution is 2.15. The molecule has 0 aliphatic carbocycles. The van der Waals surface area contributed by atoms with Gasteiger partial charge in [0.1, 0.15) is 5.82 Å². The third-order valence-electron chi connectivity index (χ3n) is 2.35. The molecule has 0 radical (unpaired) electrons. The first-order valence-electron chi connectivity index (χ1n) is 5.52. The molecular formula is C11H17FN2O2S. The topological polar surface area (TPSA) is 72.2 Å². The van der Waals surface area contributed by atoms with Crippen molar-refractivity contribution in [3.63, 3.8) is 0 Å². The fourth-order valence-electron chi connectivity index (χ4n) is 1.34. The molecule has 0 bridgehead atoms. The quantitative estimate of drug-likeness (QED) is 0.606. The number of benzene rings is 1. The van der Waals surface area contributed by atoms with E-state index in [1.54, 1.807) is 0 Å². The molecule has 0 amide bonds. The Morgan fingerprint density at radius 1 is 1.35 bits per heavy atom. The van der Waals surface area contributed by atoms with Crippen LogP contribution in [0.3, 0.4) is 0 Å². The van der Waals surface area contributed by atoms with Crippen molar-refractivity contribution in [1.29, 1.82) is 0 Å². The molecule has 0 saturated heterocycles. The van der Waals surface area contributed by atoms with Crippen LogP contribution in [-0.2, 0) is 10.0 Å². The molecule has 1 aromatic rings. The number of hydrogen-bond donors (Lipinski definition) is 2. The monoisotopic (exact) mass is 260 g/mol. The van der Waals surface area contributed by atoms with E-state index < -0.39 is 15.8 Å². The number of nitrogens with one attached hydrogen (secondary N) is 1. The number of anilines is 1. The average Bonchev–Trinajstić information content (AvgIpc) is 2.28. The molecule has 17 heavy (non-hydrogen) atoms. The van der Waals surface area contributed by atoms with Crippen molar-refractivity contribution in [3.05, 3.63) is 24.0 Å². The van der Waals surface area contributed by atoms with Crippen LogP contribution in [0.25, 0.3) is 0 Å². The molecule has 0 aliphatic heterocycles. The molecule has 1 rings (SSSR count). The first-order chi connectivity index (χ1) is 7.97.